The van der Waals surface area contributed by atoms with Gasteiger partial charge >= 0.3 is 11.9 Å². The largest absolute Gasteiger partial charge is 0.469 e. The number of nitrogens with one attached hydrogen (secondary N) is 1. The van der Waals surface area contributed by atoms with Crippen molar-refractivity contribution in [2.24, 2.45) is 0 Å². The highest BCUT2D eigenvalue weighted by atomic mass is 79.9. The van der Waals surface area contributed by atoms with E-state index in [1.807, 2.05) is 0 Å². The summed E-state index contributed by atoms with van der Waals surface area (Å²) in [6.45, 7) is 0. The van der Waals surface area contributed by atoms with Gasteiger partial charge in [0.15, 0.2) is 0 Å². The summed E-state index contributed by atoms with van der Waals surface area (Å²) in [6, 6.07) is 8.96. The highest BCUT2D eigenvalue weighted by Gasteiger charge is 2.34. The quantitative estimate of drug-likeness (QED) is 0.298. The molecule has 164 valence electrons. The van der Waals surface area contributed by atoms with Gasteiger partial charge in [0.1, 0.15) is 6.04 Å². The molecule has 9 nitrogen and oxygen atoms in total. The Bertz CT molecular complexity index is 975. The van der Waals surface area contributed by atoms with E-state index in [2.05, 4.69) is 37.2 Å². The second-order valence-electron chi connectivity index (χ2n) is 6.37. The topological polar surface area (TPSA) is 125 Å². The second-order valence-corrected chi connectivity index (χ2v) is 8.20. The molecule has 2 aromatic carbocycles. The molecule has 2 atom stereocenters. The number of carbonyl (C=O) groups excluding carboxylic acids is 3. The molecule has 11 heteroatoms. The number of halogens is 2. The molecule has 0 spiro atoms. The minimum absolute atomic E-state index is 0.154. The Kier molecular flexibility index (Phi) is 8.69. The average Bonchev–Trinajstić information content (AvgIpc) is 2.74. The third-order valence-corrected chi connectivity index (χ3v) is 5.33. The molecule has 2 rings (SSSR count). The van der Waals surface area contributed by atoms with Crippen LogP contribution in [0.25, 0.3) is 0 Å². The molecule has 0 aromatic heterocycles. The van der Waals surface area contributed by atoms with Crippen molar-refractivity contribution in [3.8, 4) is 0 Å². The van der Waals surface area contributed by atoms with Gasteiger partial charge in [0.05, 0.1) is 25.6 Å². The summed E-state index contributed by atoms with van der Waals surface area (Å²) in [5.74, 6) is -2.87. The molecule has 31 heavy (non-hydrogen) atoms. The Labute approximate surface area is 194 Å². The molecule has 1 amide bonds. The number of benzene rings is 2. The Morgan fingerprint density at radius 2 is 1.61 bits per heavy atom. The lowest BCUT2D eigenvalue weighted by Gasteiger charge is -2.26. The van der Waals surface area contributed by atoms with E-state index in [1.165, 1.54) is 31.4 Å². The van der Waals surface area contributed by atoms with E-state index in [0.717, 1.165) is 7.11 Å². The predicted molar refractivity (Wildman–Crippen MR) is 118 cm³/mol. The fourth-order valence-corrected chi connectivity index (χ4v) is 4.19. The summed E-state index contributed by atoms with van der Waals surface area (Å²) in [4.78, 5) is 47.8. The van der Waals surface area contributed by atoms with Gasteiger partial charge in [-0.05, 0) is 23.8 Å². The van der Waals surface area contributed by atoms with Gasteiger partial charge in [0.25, 0.3) is 11.6 Å². The van der Waals surface area contributed by atoms with Crippen molar-refractivity contribution in [3.05, 3.63) is 72.7 Å². The van der Waals surface area contributed by atoms with E-state index in [4.69, 9.17) is 9.47 Å². The molecule has 0 radical (unpaired) electrons. The summed E-state index contributed by atoms with van der Waals surface area (Å²) in [5, 5.41) is 13.6. The van der Waals surface area contributed by atoms with Crippen LogP contribution in [0.2, 0.25) is 0 Å². The van der Waals surface area contributed by atoms with Gasteiger partial charge in [0.2, 0.25) is 0 Å². The van der Waals surface area contributed by atoms with Crippen LogP contribution in [-0.2, 0) is 19.1 Å². The minimum atomic E-state index is -1.25. The number of nitro groups is 1. The van der Waals surface area contributed by atoms with Crippen molar-refractivity contribution in [2.45, 2.75) is 18.4 Å². The van der Waals surface area contributed by atoms with Crippen LogP contribution < -0.4 is 5.32 Å². The van der Waals surface area contributed by atoms with Gasteiger partial charge < -0.3 is 14.8 Å². The van der Waals surface area contributed by atoms with Crippen LogP contribution in [0.1, 0.15) is 28.3 Å². The van der Waals surface area contributed by atoms with Gasteiger partial charge in [-0.25, -0.2) is 4.79 Å². The van der Waals surface area contributed by atoms with E-state index in [-0.39, 0.29) is 17.7 Å². The van der Waals surface area contributed by atoms with Crippen molar-refractivity contribution >= 4 is 55.4 Å². The van der Waals surface area contributed by atoms with Crippen LogP contribution in [0.15, 0.2) is 51.4 Å². The molecule has 1 N–H and O–H groups in total. The molecule has 0 unspecified atom stereocenters. The first-order valence-electron chi connectivity index (χ1n) is 8.82. The molecule has 0 heterocycles. The van der Waals surface area contributed by atoms with E-state index < -0.39 is 34.7 Å². The third kappa shape index (κ3) is 6.59. The fraction of sp³-hybridized carbons (Fsp3) is 0.250. The van der Waals surface area contributed by atoms with Crippen LogP contribution in [0.4, 0.5) is 5.69 Å². The molecular weight excluding hydrogens is 540 g/mol. The van der Waals surface area contributed by atoms with E-state index in [0.29, 0.717) is 14.5 Å². The number of esters is 2. The number of nitrogens with zero attached hydrogens (tertiary/aromatic N) is 1. The maximum atomic E-state index is 12.8. The number of hydrogen-bond acceptors (Lipinski definition) is 7. The first kappa shape index (κ1) is 24.5. The Balaban J connectivity index is 2.44. The molecule has 0 saturated heterocycles. The van der Waals surface area contributed by atoms with Gasteiger partial charge in [-0.1, -0.05) is 44.0 Å². The molecule has 2 aromatic rings. The molecule has 0 fully saturated rings. The summed E-state index contributed by atoms with van der Waals surface area (Å²) in [7, 11) is 2.35. The van der Waals surface area contributed by atoms with E-state index in [9.17, 15) is 24.5 Å². The summed E-state index contributed by atoms with van der Waals surface area (Å²) < 4.78 is 10.9. The number of non-ortho nitro benzene ring substituents is 1. The smallest absolute Gasteiger partial charge is 0.329 e. The molecule has 0 bridgehead atoms. The Morgan fingerprint density at radius 1 is 1.03 bits per heavy atom. The number of methoxy groups -OCH3 is 2. The lowest BCUT2D eigenvalue weighted by Crippen LogP contribution is -2.46. The first-order valence-corrected chi connectivity index (χ1v) is 10.4. The lowest BCUT2D eigenvalue weighted by atomic mass is 9.88. The number of rotatable bonds is 8. The van der Waals surface area contributed by atoms with Crippen LogP contribution >= 0.6 is 31.9 Å². The zero-order valence-corrected chi connectivity index (χ0v) is 19.6. The standard InChI is InChI=1S/C20H18Br2N2O7/c1-30-17(25)10-16(11-3-5-15(6-4-11)24(28)29)18(20(27)31-2)23-19(26)12-7-13(21)9-14(22)8-12/h3-9,16,18H,10H2,1-2H3,(H,23,26)/t16-,18-/m0/s1. The Morgan fingerprint density at radius 3 is 2.10 bits per heavy atom. The average molecular weight is 558 g/mol. The van der Waals surface area contributed by atoms with Gasteiger partial charge in [-0.2, -0.15) is 0 Å². The van der Waals surface area contributed by atoms with Gasteiger partial charge in [-0.3, -0.25) is 19.7 Å². The molecule has 0 saturated carbocycles. The SMILES string of the molecule is COC(=O)C[C@@H](c1ccc([N+](=O)[O-])cc1)[C@H](NC(=O)c1cc(Br)cc(Br)c1)C(=O)OC. The summed E-state index contributed by atoms with van der Waals surface area (Å²) in [6.07, 6.45) is -0.267. The van der Waals surface area contributed by atoms with Crippen LogP contribution in [0.3, 0.4) is 0 Å². The normalized spacial score (nSPS) is 12.4. The Hall–Kier alpha value is -2.79. The number of ether oxygens (including phenoxy) is 2. The van der Waals surface area contributed by atoms with Crippen molar-refractivity contribution in [1.29, 1.82) is 0 Å². The first-order chi connectivity index (χ1) is 14.7. The maximum absolute atomic E-state index is 12.8. The lowest BCUT2D eigenvalue weighted by molar-refractivity contribution is -0.384. The zero-order chi connectivity index (χ0) is 23.1. The van der Waals surface area contributed by atoms with Crippen LogP contribution in [0, 0.1) is 10.1 Å². The van der Waals surface area contributed by atoms with Crippen LogP contribution in [0.5, 0.6) is 0 Å². The van der Waals surface area contributed by atoms with Gasteiger partial charge in [-0.15, -0.1) is 0 Å². The van der Waals surface area contributed by atoms with Crippen molar-refractivity contribution in [3.63, 3.8) is 0 Å². The summed E-state index contributed by atoms with van der Waals surface area (Å²) in [5.41, 5.74) is 0.524. The number of amides is 1. The van der Waals surface area contributed by atoms with Crippen molar-refractivity contribution in [2.75, 3.05) is 14.2 Å². The minimum Gasteiger partial charge on any atom is -0.469 e. The number of nitro benzene ring substituents is 1. The molecular formula is C20H18Br2N2O7. The summed E-state index contributed by atoms with van der Waals surface area (Å²) >= 11 is 6.60. The molecule has 0 aliphatic carbocycles. The second kappa shape index (κ2) is 11.0. The van der Waals surface area contributed by atoms with Crippen molar-refractivity contribution < 1.29 is 28.8 Å². The third-order valence-electron chi connectivity index (χ3n) is 4.42. The number of carbonyl (C=O) groups is 3. The highest BCUT2D eigenvalue weighted by Crippen LogP contribution is 2.28. The predicted octanol–water partition coefficient (Wildman–Crippen LogP) is 3.74. The monoisotopic (exact) mass is 556 g/mol. The van der Waals surface area contributed by atoms with Crippen molar-refractivity contribution in [1.82, 2.24) is 5.32 Å². The highest BCUT2D eigenvalue weighted by molar-refractivity contribution is 9.11. The molecule has 0 aliphatic rings. The fourth-order valence-electron chi connectivity index (χ4n) is 2.89. The van der Waals surface area contributed by atoms with E-state index in [1.54, 1.807) is 18.2 Å². The zero-order valence-electron chi connectivity index (χ0n) is 16.5. The number of hydrogen-bond donors (Lipinski definition) is 1. The van der Waals surface area contributed by atoms with Crippen LogP contribution in [-0.4, -0.2) is 43.0 Å². The molecule has 0 aliphatic heterocycles. The maximum Gasteiger partial charge on any atom is 0.329 e. The van der Waals surface area contributed by atoms with Gasteiger partial charge in [0, 0.05) is 32.6 Å². The van der Waals surface area contributed by atoms with E-state index >= 15 is 0 Å².